The van der Waals surface area contributed by atoms with Gasteiger partial charge in [-0.3, -0.25) is 0 Å². The lowest BCUT2D eigenvalue weighted by Gasteiger charge is -2.37. The first-order valence-corrected chi connectivity index (χ1v) is 6.46. The van der Waals surface area contributed by atoms with Crippen molar-refractivity contribution in [3.63, 3.8) is 0 Å². The molecule has 1 radical (unpaired) electrons. The summed E-state index contributed by atoms with van der Waals surface area (Å²) in [4.78, 5) is 0. The van der Waals surface area contributed by atoms with E-state index in [4.69, 9.17) is 0 Å². The Bertz CT molecular complexity index is 605. The third-order valence-electron chi connectivity index (χ3n) is 3.22. The molecule has 0 aliphatic carbocycles. The zero-order valence-electron chi connectivity index (χ0n) is 11.6. The lowest BCUT2D eigenvalue weighted by Crippen LogP contribution is -2.55. The first kappa shape index (κ1) is 17.3. The molecular weight excluding hydrogens is 322 g/mol. The summed E-state index contributed by atoms with van der Waals surface area (Å²) >= 11 is 0. The van der Waals surface area contributed by atoms with Crippen molar-refractivity contribution in [2.45, 2.75) is 24.6 Å². The fourth-order valence-corrected chi connectivity index (χ4v) is 2.12. The molecule has 1 nitrogen and oxygen atoms in total. The normalized spacial score (nSPS) is 13.1. The summed E-state index contributed by atoms with van der Waals surface area (Å²) in [5, 5.41) is 0. The topological polar surface area (TPSA) is 9.23 Å². The molecule has 7 heteroatoms. The molecule has 0 unspecified atom stereocenters. The monoisotopic (exact) mass is 333 g/mol. The summed E-state index contributed by atoms with van der Waals surface area (Å²) < 4.78 is 84.9. The van der Waals surface area contributed by atoms with Crippen LogP contribution in [0.5, 0.6) is 0 Å². The van der Waals surface area contributed by atoms with Crippen LogP contribution in [0.2, 0.25) is 0 Å². The van der Waals surface area contributed by atoms with Gasteiger partial charge in [0, 0.05) is 5.56 Å². The summed E-state index contributed by atoms with van der Waals surface area (Å²) in [5.74, 6) is 0. The van der Waals surface area contributed by atoms with E-state index in [1.807, 2.05) is 0 Å². The average molecular weight is 333 g/mol. The van der Waals surface area contributed by atoms with Gasteiger partial charge in [0.25, 0.3) is 5.60 Å². The molecule has 23 heavy (non-hydrogen) atoms. The molecule has 0 amide bonds. The van der Waals surface area contributed by atoms with Crippen molar-refractivity contribution < 1.29 is 31.1 Å². The largest absolute Gasteiger partial charge is 0.430 e. The highest BCUT2D eigenvalue weighted by Crippen LogP contribution is 2.53. The maximum absolute atomic E-state index is 13.4. The zero-order chi connectivity index (χ0) is 17.1. The second kappa shape index (κ2) is 6.23. The predicted octanol–water partition coefficient (Wildman–Crippen LogP) is 5.02. The van der Waals surface area contributed by atoms with Crippen molar-refractivity contribution in [2.75, 3.05) is 0 Å². The minimum Gasteiger partial charge on any atom is -0.349 e. The fourth-order valence-electron chi connectivity index (χ4n) is 2.12. The van der Waals surface area contributed by atoms with Crippen LogP contribution in [0.15, 0.2) is 54.6 Å². The SMILES string of the molecule is FC(F)(F)C(OCc1ccccc1)(c1cc[c]cc1)C(F)(F)F. The first-order chi connectivity index (χ1) is 10.7. The lowest BCUT2D eigenvalue weighted by molar-refractivity contribution is -0.392. The Morgan fingerprint density at radius 2 is 1.30 bits per heavy atom. The molecule has 0 spiro atoms. The molecule has 0 fully saturated rings. The highest BCUT2D eigenvalue weighted by atomic mass is 19.4. The highest BCUT2D eigenvalue weighted by Gasteiger charge is 2.73. The molecule has 0 saturated heterocycles. The van der Waals surface area contributed by atoms with Gasteiger partial charge in [-0.15, -0.1) is 0 Å². The van der Waals surface area contributed by atoms with E-state index in [9.17, 15) is 26.3 Å². The molecule has 0 aliphatic heterocycles. The van der Waals surface area contributed by atoms with Crippen molar-refractivity contribution in [1.82, 2.24) is 0 Å². The van der Waals surface area contributed by atoms with Gasteiger partial charge in [-0.25, -0.2) is 0 Å². The predicted molar refractivity (Wildman–Crippen MR) is 70.3 cm³/mol. The van der Waals surface area contributed by atoms with Gasteiger partial charge in [0.15, 0.2) is 0 Å². The molecule has 0 bridgehead atoms. The van der Waals surface area contributed by atoms with Gasteiger partial charge in [-0.05, 0) is 11.6 Å². The van der Waals surface area contributed by atoms with E-state index in [2.05, 4.69) is 10.8 Å². The van der Waals surface area contributed by atoms with Gasteiger partial charge >= 0.3 is 12.4 Å². The Morgan fingerprint density at radius 3 is 1.78 bits per heavy atom. The maximum Gasteiger partial charge on any atom is 0.430 e. The standard InChI is InChI=1S/C16H11F6O/c17-15(18,19)14(16(20,21)22,13-9-5-2-6-10-13)23-11-12-7-3-1-4-8-12/h1,3-10H,11H2. The van der Waals surface area contributed by atoms with Gasteiger partial charge in [-0.2, -0.15) is 26.3 Å². The van der Waals surface area contributed by atoms with Crippen LogP contribution in [-0.2, 0) is 16.9 Å². The van der Waals surface area contributed by atoms with Crippen LogP contribution < -0.4 is 0 Å². The number of hydrogen-bond acceptors (Lipinski definition) is 1. The third-order valence-corrected chi connectivity index (χ3v) is 3.22. The number of alkyl halides is 6. The van der Waals surface area contributed by atoms with Crippen LogP contribution in [0.3, 0.4) is 0 Å². The van der Waals surface area contributed by atoms with Crippen LogP contribution in [-0.4, -0.2) is 12.4 Å². The Hall–Kier alpha value is -2.02. The van der Waals surface area contributed by atoms with Crippen molar-refractivity contribution in [3.05, 3.63) is 71.8 Å². The summed E-state index contributed by atoms with van der Waals surface area (Å²) in [6.07, 6.45) is -11.4. The number of halogens is 6. The Morgan fingerprint density at radius 1 is 0.783 bits per heavy atom. The minimum absolute atomic E-state index is 0.202. The molecule has 2 aromatic rings. The molecule has 0 aromatic heterocycles. The van der Waals surface area contributed by atoms with Gasteiger partial charge in [0.2, 0.25) is 0 Å². The molecule has 0 atom stereocenters. The van der Waals surface area contributed by atoms with Gasteiger partial charge < -0.3 is 4.74 Å². The summed E-state index contributed by atoms with van der Waals surface area (Å²) in [6, 6.07) is 13.1. The summed E-state index contributed by atoms with van der Waals surface area (Å²) in [6.45, 7) is -0.835. The third kappa shape index (κ3) is 3.34. The number of hydrogen-bond donors (Lipinski definition) is 0. The molecule has 0 saturated carbocycles. The molecule has 0 heterocycles. The fraction of sp³-hybridized carbons (Fsp3) is 0.250. The molecule has 0 N–H and O–H groups in total. The number of ether oxygens (including phenoxy) is 1. The molecule has 123 valence electrons. The van der Waals surface area contributed by atoms with E-state index in [0.29, 0.717) is 12.1 Å². The molecular formula is C16H11F6O. The van der Waals surface area contributed by atoms with E-state index >= 15 is 0 Å². The van der Waals surface area contributed by atoms with Gasteiger partial charge in [-0.1, -0.05) is 54.6 Å². The Labute approximate surface area is 128 Å². The van der Waals surface area contributed by atoms with Crippen LogP contribution >= 0.6 is 0 Å². The molecule has 0 aliphatic rings. The van der Waals surface area contributed by atoms with Crippen molar-refractivity contribution in [3.8, 4) is 0 Å². The first-order valence-electron chi connectivity index (χ1n) is 6.46. The second-order valence-electron chi connectivity index (χ2n) is 4.74. The maximum atomic E-state index is 13.4. The Kier molecular flexibility index (Phi) is 4.70. The molecule has 2 rings (SSSR count). The summed E-state index contributed by atoms with van der Waals surface area (Å²) in [5.41, 5.74) is -5.23. The number of benzene rings is 2. The zero-order valence-corrected chi connectivity index (χ0v) is 11.6. The lowest BCUT2D eigenvalue weighted by atomic mass is 9.91. The average Bonchev–Trinajstić information content (AvgIpc) is 2.47. The number of rotatable bonds is 4. The Balaban J connectivity index is 2.50. The van der Waals surface area contributed by atoms with Gasteiger partial charge in [0.05, 0.1) is 6.61 Å². The second-order valence-corrected chi connectivity index (χ2v) is 4.74. The van der Waals surface area contributed by atoms with E-state index in [0.717, 1.165) is 12.1 Å². The van der Waals surface area contributed by atoms with Crippen LogP contribution in [0, 0.1) is 6.07 Å². The quantitative estimate of drug-likeness (QED) is 0.714. The van der Waals surface area contributed by atoms with E-state index < -0.39 is 30.1 Å². The summed E-state index contributed by atoms with van der Waals surface area (Å²) in [7, 11) is 0. The van der Waals surface area contributed by atoms with Crippen molar-refractivity contribution >= 4 is 0 Å². The van der Waals surface area contributed by atoms with Gasteiger partial charge in [0.1, 0.15) is 0 Å². The van der Waals surface area contributed by atoms with Crippen LogP contribution in [0.1, 0.15) is 11.1 Å². The highest BCUT2D eigenvalue weighted by molar-refractivity contribution is 5.27. The van der Waals surface area contributed by atoms with E-state index in [-0.39, 0.29) is 5.56 Å². The minimum atomic E-state index is -5.68. The van der Waals surface area contributed by atoms with Crippen LogP contribution in [0.25, 0.3) is 0 Å². The van der Waals surface area contributed by atoms with Crippen LogP contribution in [0.4, 0.5) is 26.3 Å². The van der Waals surface area contributed by atoms with Crippen molar-refractivity contribution in [1.29, 1.82) is 0 Å². The smallest absolute Gasteiger partial charge is 0.349 e. The van der Waals surface area contributed by atoms with Crippen molar-refractivity contribution in [2.24, 2.45) is 0 Å². The molecule has 2 aromatic carbocycles. The van der Waals surface area contributed by atoms with E-state index in [1.54, 1.807) is 6.07 Å². The van der Waals surface area contributed by atoms with E-state index in [1.165, 1.54) is 24.3 Å².